The molecule has 1 aliphatic rings. The molecule has 7 nitrogen and oxygen atoms in total. The number of benzene rings is 1. The summed E-state index contributed by atoms with van der Waals surface area (Å²) in [6.07, 6.45) is -0.876. The second-order valence-corrected chi connectivity index (χ2v) is 11.7. The molecule has 2 atom stereocenters. The lowest BCUT2D eigenvalue weighted by atomic mass is 9.70. The maximum absolute atomic E-state index is 15.5. The number of amides is 1. The van der Waals surface area contributed by atoms with Gasteiger partial charge in [0.25, 0.3) is 0 Å². The van der Waals surface area contributed by atoms with Crippen LogP contribution in [0.2, 0.25) is 0 Å². The Labute approximate surface area is 196 Å². The number of nitrogens with one attached hydrogen (secondary N) is 1. The average Bonchev–Trinajstić information content (AvgIpc) is 2.80. The van der Waals surface area contributed by atoms with Gasteiger partial charge in [-0.05, 0) is 71.0 Å². The van der Waals surface area contributed by atoms with Crippen molar-refractivity contribution in [1.82, 2.24) is 5.32 Å². The lowest BCUT2D eigenvalue weighted by Gasteiger charge is -2.36. The summed E-state index contributed by atoms with van der Waals surface area (Å²) in [4.78, 5) is 24.5. The van der Waals surface area contributed by atoms with Crippen LogP contribution in [-0.2, 0) is 18.8 Å². The van der Waals surface area contributed by atoms with Gasteiger partial charge in [-0.2, -0.15) is 0 Å². The van der Waals surface area contributed by atoms with Crippen LogP contribution in [0.3, 0.4) is 0 Å². The Morgan fingerprint density at radius 3 is 1.97 bits per heavy atom. The molecule has 0 saturated carbocycles. The van der Waals surface area contributed by atoms with Gasteiger partial charge in [0, 0.05) is 5.92 Å². The molecule has 0 bridgehead atoms. The molecule has 1 fully saturated rings. The number of carbonyl (C=O) groups excluding carboxylic acids is 1. The van der Waals surface area contributed by atoms with E-state index in [4.69, 9.17) is 14.0 Å². The summed E-state index contributed by atoms with van der Waals surface area (Å²) < 4.78 is 32.7. The van der Waals surface area contributed by atoms with Crippen molar-refractivity contribution in [2.45, 2.75) is 98.0 Å². The first-order valence-electron chi connectivity index (χ1n) is 11.1. The van der Waals surface area contributed by atoms with Crippen LogP contribution in [0.15, 0.2) is 18.2 Å². The van der Waals surface area contributed by atoms with Crippen LogP contribution in [0, 0.1) is 11.2 Å². The number of ether oxygens (including phenoxy) is 1. The third-order valence-electron chi connectivity index (χ3n) is 6.09. The maximum atomic E-state index is 15.5. The Bertz CT molecular complexity index is 887. The molecule has 1 saturated heterocycles. The van der Waals surface area contributed by atoms with Gasteiger partial charge in [-0.15, -0.1) is 0 Å². The molecular weight excluding hydrogens is 428 g/mol. The lowest BCUT2D eigenvalue weighted by molar-refractivity contribution is -0.141. The molecule has 0 aromatic heterocycles. The Hall–Kier alpha value is -2.13. The third kappa shape index (κ3) is 6.26. The second-order valence-electron chi connectivity index (χ2n) is 11.7. The zero-order valence-corrected chi connectivity index (χ0v) is 21.3. The van der Waals surface area contributed by atoms with E-state index < -0.39 is 59.2 Å². The summed E-state index contributed by atoms with van der Waals surface area (Å²) in [5, 5.41) is 12.3. The van der Waals surface area contributed by atoms with E-state index in [1.165, 1.54) is 6.07 Å². The molecule has 2 unspecified atom stereocenters. The molecular formula is C24H37BFNO6. The first-order valence-corrected chi connectivity index (χ1v) is 11.1. The Balaban J connectivity index is 2.42. The average molecular weight is 465 g/mol. The molecule has 184 valence electrons. The summed E-state index contributed by atoms with van der Waals surface area (Å²) in [7, 11) is -0.748. The molecule has 0 radical (unpaired) electrons. The summed E-state index contributed by atoms with van der Waals surface area (Å²) in [5.74, 6) is -2.76. The quantitative estimate of drug-likeness (QED) is 0.633. The molecule has 2 rings (SSSR count). The van der Waals surface area contributed by atoms with Crippen LogP contribution in [0.5, 0.6) is 0 Å². The van der Waals surface area contributed by atoms with E-state index in [1.807, 2.05) is 27.7 Å². The largest absolute Gasteiger partial charge is 0.494 e. The fourth-order valence-electron chi connectivity index (χ4n) is 3.79. The van der Waals surface area contributed by atoms with Gasteiger partial charge >= 0.3 is 19.2 Å². The summed E-state index contributed by atoms with van der Waals surface area (Å²) in [6, 6.07) is 3.11. The van der Waals surface area contributed by atoms with Crippen LogP contribution in [0.4, 0.5) is 9.18 Å². The molecule has 1 aromatic carbocycles. The van der Waals surface area contributed by atoms with Crippen LogP contribution >= 0.6 is 0 Å². The van der Waals surface area contributed by atoms with E-state index >= 15 is 4.39 Å². The van der Waals surface area contributed by atoms with E-state index in [1.54, 1.807) is 53.7 Å². The first kappa shape index (κ1) is 27.1. The third-order valence-corrected chi connectivity index (χ3v) is 6.09. The molecule has 1 aliphatic heterocycles. The number of aliphatic carboxylic acids is 1. The number of carboxylic acid groups (broad SMARTS) is 1. The van der Waals surface area contributed by atoms with Gasteiger partial charge in [0.1, 0.15) is 17.5 Å². The predicted octanol–water partition coefficient (Wildman–Crippen LogP) is 4.23. The number of carboxylic acids is 1. The molecule has 2 N–H and O–H groups in total. The smallest absolute Gasteiger partial charge is 0.480 e. The molecule has 1 heterocycles. The molecule has 1 aromatic rings. The fourth-order valence-corrected chi connectivity index (χ4v) is 3.79. The van der Waals surface area contributed by atoms with Crippen molar-refractivity contribution < 1.29 is 33.1 Å². The number of alkyl carbamates (subject to hydrolysis) is 1. The van der Waals surface area contributed by atoms with E-state index in [0.29, 0.717) is 5.46 Å². The van der Waals surface area contributed by atoms with Gasteiger partial charge in [-0.1, -0.05) is 32.9 Å². The molecule has 9 heteroatoms. The van der Waals surface area contributed by atoms with Gasteiger partial charge in [0.15, 0.2) is 0 Å². The van der Waals surface area contributed by atoms with Gasteiger partial charge in [-0.3, -0.25) is 0 Å². The Morgan fingerprint density at radius 2 is 1.58 bits per heavy atom. The summed E-state index contributed by atoms with van der Waals surface area (Å²) >= 11 is 0. The number of rotatable bonds is 5. The molecule has 0 spiro atoms. The topological polar surface area (TPSA) is 94.1 Å². The second kappa shape index (κ2) is 8.91. The van der Waals surface area contributed by atoms with Crippen LogP contribution in [-0.4, -0.2) is 47.1 Å². The summed E-state index contributed by atoms with van der Waals surface area (Å²) in [5.41, 5.74) is -2.00. The van der Waals surface area contributed by atoms with Crippen molar-refractivity contribution in [2.75, 3.05) is 0 Å². The minimum Gasteiger partial charge on any atom is -0.480 e. The highest BCUT2D eigenvalue weighted by Crippen LogP contribution is 2.40. The zero-order chi connectivity index (χ0) is 25.6. The van der Waals surface area contributed by atoms with Crippen molar-refractivity contribution in [3.8, 4) is 0 Å². The normalized spacial score (nSPS) is 19.7. The number of carbonyl (C=O) groups is 2. The molecule has 33 heavy (non-hydrogen) atoms. The highest BCUT2D eigenvalue weighted by atomic mass is 19.1. The molecule has 1 amide bonds. The Morgan fingerprint density at radius 1 is 1.06 bits per heavy atom. The van der Waals surface area contributed by atoms with E-state index in [9.17, 15) is 14.7 Å². The number of halogens is 1. The van der Waals surface area contributed by atoms with Crippen molar-refractivity contribution in [2.24, 2.45) is 5.41 Å². The monoisotopic (exact) mass is 465 g/mol. The van der Waals surface area contributed by atoms with Crippen molar-refractivity contribution in [1.29, 1.82) is 0 Å². The zero-order valence-electron chi connectivity index (χ0n) is 21.3. The lowest BCUT2D eigenvalue weighted by Crippen LogP contribution is -2.50. The predicted molar refractivity (Wildman–Crippen MR) is 125 cm³/mol. The van der Waals surface area contributed by atoms with Crippen molar-refractivity contribution >= 4 is 24.6 Å². The molecule has 0 aliphatic carbocycles. The van der Waals surface area contributed by atoms with Gasteiger partial charge in [0.05, 0.1) is 11.2 Å². The van der Waals surface area contributed by atoms with Crippen LogP contribution in [0.1, 0.15) is 80.7 Å². The minimum atomic E-state index is -1.41. The van der Waals surface area contributed by atoms with Gasteiger partial charge < -0.3 is 24.5 Å². The van der Waals surface area contributed by atoms with Gasteiger partial charge in [0.2, 0.25) is 0 Å². The van der Waals surface area contributed by atoms with E-state index in [-0.39, 0.29) is 5.56 Å². The number of hydrogen-bond donors (Lipinski definition) is 2. The number of hydrogen-bond acceptors (Lipinski definition) is 5. The first-order chi connectivity index (χ1) is 14.7. The van der Waals surface area contributed by atoms with Crippen LogP contribution < -0.4 is 10.8 Å². The highest BCUT2D eigenvalue weighted by molar-refractivity contribution is 6.62. The van der Waals surface area contributed by atoms with Crippen molar-refractivity contribution in [3.05, 3.63) is 29.6 Å². The minimum absolute atomic E-state index is 0.172. The fraction of sp³-hybridized carbons (Fsp3) is 0.667. The van der Waals surface area contributed by atoms with Crippen molar-refractivity contribution in [3.63, 3.8) is 0 Å². The maximum Gasteiger partial charge on any atom is 0.494 e. The standard InChI is InChI=1S/C24H37BFNO6/c1-21(2,3)17(18(19(28)29)27-20(30)31-22(4,5)6)15-12-11-14(13-16(15)26)25-32-23(7,8)24(9,10)33-25/h11-13,17-18H,1-10H3,(H,27,30)(H,28,29). The van der Waals surface area contributed by atoms with Crippen LogP contribution in [0.25, 0.3) is 0 Å². The highest BCUT2D eigenvalue weighted by Gasteiger charge is 2.52. The van der Waals surface area contributed by atoms with E-state index in [2.05, 4.69) is 5.32 Å². The SMILES string of the molecule is CC(C)(C)OC(=O)NC(C(=O)O)C(c1ccc(B2OC(C)(C)C(C)(C)O2)cc1F)C(C)(C)C. The van der Waals surface area contributed by atoms with E-state index in [0.717, 1.165) is 0 Å². The Kier molecular flexibility index (Phi) is 7.32. The summed E-state index contributed by atoms with van der Waals surface area (Å²) in [6.45, 7) is 18.1. The van der Waals surface area contributed by atoms with Gasteiger partial charge in [-0.25, -0.2) is 14.0 Å².